The van der Waals surface area contributed by atoms with E-state index in [1.165, 1.54) is 30.5 Å². The highest BCUT2D eigenvalue weighted by Gasteiger charge is 2.15. The van der Waals surface area contributed by atoms with E-state index >= 15 is 0 Å². The highest BCUT2D eigenvalue weighted by molar-refractivity contribution is 9.10. The van der Waals surface area contributed by atoms with Crippen LogP contribution in [0.1, 0.15) is 10.5 Å². The molecule has 156 valence electrons. The Kier molecular flexibility index (Phi) is 5.71. The summed E-state index contributed by atoms with van der Waals surface area (Å²) < 4.78 is 9.63. The number of pyridine rings is 1. The van der Waals surface area contributed by atoms with E-state index in [1.54, 1.807) is 46.3 Å². The van der Waals surface area contributed by atoms with Crippen LogP contribution in [0, 0.1) is 10.1 Å². The topological polar surface area (TPSA) is 130 Å². The molecule has 0 unspecified atom stereocenters. The molecule has 0 atom stereocenters. The van der Waals surface area contributed by atoms with Gasteiger partial charge in [-0.3, -0.25) is 24.6 Å². The van der Waals surface area contributed by atoms with Crippen molar-refractivity contribution in [2.75, 3.05) is 5.32 Å². The third-order valence-corrected chi connectivity index (χ3v) is 4.40. The minimum absolute atomic E-state index is 0.146. The molecule has 4 aromatic rings. The molecule has 0 saturated carbocycles. The lowest BCUT2D eigenvalue weighted by Crippen LogP contribution is -2.15. The van der Waals surface area contributed by atoms with Gasteiger partial charge in [-0.2, -0.15) is 10.2 Å². The molecule has 0 aliphatic carbocycles. The van der Waals surface area contributed by atoms with Gasteiger partial charge in [0.25, 0.3) is 11.6 Å². The van der Waals surface area contributed by atoms with Crippen LogP contribution in [0.25, 0.3) is 0 Å². The van der Waals surface area contributed by atoms with Gasteiger partial charge in [0.15, 0.2) is 5.69 Å². The first kappa shape index (κ1) is 20.2. The Hall–Kier alpha value is -4.06. The van der Waals surface area contributed by atoms with E-state index < -0.39 is 10.8 Å². The van der Waals surface area contributed by atoms with Crippen LogP contribution in [0.15, 0.2) is 71.9 Å². The first-order valence-electron chi connectivity index (χ1n) is 8.86. The summed E-state index contributed by atoms with van der Waals surface area (Å²) in [6.07, 6.45) is 8.10. The number of carbonyl (C=O) groups excluding carboxylic acids is 1. The number of amides is 1. The predicted molar refractivity (Wildman–Crippen MR) is 113 cm³/mol. The number of nitro groups is 1. The minimum atomic E-state index is -0.567. The number of nitrogens with one attached hydrogen (secondary N) is 1. The van der Waals surface area contributed by atoms with E-state index in [2.05, 4.69) is 36.4 Å². The van der Waals surface area contributed by atoms with Gasteiger partial charge in [0.1, 0.15) is 18.2 Å². The van der Waals surface area contributed by atoms with Crippen molar-refractivity contribution in [2.45, 2.75) is 6.67 Å². The van der Waals surface area contributed by atoms with Gasteiger partial charge in [-0.1, -0.05) is 0 Å². The summed E-state index contributed by atoms with van der Waals surface area (Å²) in [5.41, 5.74) is 0.114. The van der Waals surface area contributed by atoms with Crippen molar-refractivity contribution in [2.24, 2.45) is 0 Å². The average Bonchev–Trinajstić information content (AvgIpc) is 3.38. The van der Waals surface area contributed by atoms with Crippen molar-refractivity contribution < 1.29 is 14.5 Å². The summed E-state index contributed by atoms with van der Waals surface area (Å²) in [6, 6.07) is 8.86. The van der Waals surface area contributed by atoms with Crippen LogP contribution in [0.2, 0.25) is 0 Å². The molecule has 0 aliphatic rings. The van der Waals surface area contributed by atoms with Crippen LogP contribution < -0.4 is 10.1 Å². The molecule has 1 amide bonds. The van der Waals surface area contributed by atoms with Crippen molar-refractivity contribution in [3.05, 3.63) is 87.7 Å². The van der Waals surface area contributed by atoms with E-state index in [-0.39, 0.29) is 22.8 Å². The Labute approximate surface area is 183 Å². The normalized spacial score (nSPS) is 10.6. The molecular formula is C19H14BrN7O4. The van der Waals surface area contributed by atoms with Crippen LogP contribution in [-0.4, -0.2) is 35.4 Å². The number of ether oxygens (including phenoxy) is 1. The lowest BCUT2D eigenvalue weighted by Gasteiger charge is -2.08. The van der Waals surface area contributed by atoms with Crippen LogP contribution >= 0.6 is 15.9 Å². The van der Waals surface area contributed by atoms with Crippen molar-refractivity contribution >= 4 is 33.2 Å². The number of nitro benzene ring substituents is 1. The van der Waals surface area contributed by atoms with Gasteiger partial charge in [0.2, 0.25) is 0 Å². The third-order valence-electron chi connectivity index (χ3n) is 3.99. The monoisotopic (exact) mass is 483 g/mol. The summed E-state index contributed by atoms with van der Waals surface area (Å²) in [6.45, 7) is 0.318. The molecule has 31 heavy (non-hydrogen) atoms. The fraction of sp³-hybridized carbons (Fsp3) is 0.0526. The number of carbonyl (C=O) groups is 1. The number of benzene rings is 1. The molecule has 0 spiro atoms. The zero-order valence-electron chi connectivity index (χ0n) is 15.8. The first-order chi connectivity index (χ1) is 15.0. The second-order valence-electron chi connectivity index (χ2n) is 6.30. The minimum Gasteiger partial charge on any atom is -0.455 e. The van der Waals surface area contributed by atoms with E-state index in [1.807, 2.05) is 0 Å². The maximum Gasteiger partial charge on any atom is 0.276 e. The van der Waals surface area contributed by atoms with E-state index in [4.69, 9.17) is 4.74 Å². The van der Waals surface area contributed by atoms with E-state index in [0.29, 0.717) is 12.4 Å². The number of halogens is 1. The quantitative estimate of drug-likeness (QED) is 0.313. The predicted octanol–water partition coefficient (Wildman–Crippen LogP) is 3.70. The number of non-ortho nitro benzene ring substituents is 1. The highest BCUT2D eigenvalue weighted by Crippen LogP contribution is 2.29. The first-order valence-corrected chi connectivity index (χ1v) is 9.66. The fourth-order valence-corrected chi connectivity index (χ4v) is 3.01. The highest BCUT2D eigenvalue weighted by atomic mass is 79.9. The number of nitrogens with zero attached hydrogens (tertiary/aromatic N) is 6. The van der Waals surface area contributed by atoms with Gasteiger partial charge in [0, 0.05) is 30.7 Å². The molecule has 0 bridgehead atoms. The Bertz CT molecular complexity index is 1240. The zero-order valence-corrected chi connectivity index (χ0v) is 17.3. The number of aromatic nitrogens is 5. The molecule has 1 N–H and O–H groups in total. The van der Waals surface area contributed by atoms with Crippen molar-refractivity contribution in [1.29, 1.82) is 0 Å². The van der Waals surface area contributed by atoms with Crippen LogP contribution in [-0.2, 0) is 6.67 Å². The number of anilines is 1. The second-order valence-corrected chi connectivity index (χ2v) is 7.21. The Balaban J connectivity index is 1.51. The van der Waals surface area contributed by atoms with E-state index in [9.17, 15) is 14.9 Å². The number of rotatable bonds is 7. The molecule has 3 aromatic heterocycles. The summed E-state index contributed by atoms with van der Waals surface area (Å²) in [7, 11) is 0. The molecule has 0 fully saturated rings. The van der Waals surface area contributed by atoms with Gasteiger partial charge in [-0.25, -0.2) is 4.68 Å². The van der Waals surface area contributed by atoms with Gasteiger partial charge >= 0.3 is 0 Å². The smallest absolute Gasteiger partial charge is 0.276 e. The average molecular weight is 484 g/mol. The van der Waals surface area contributed by atoms with E-state index in [0.717, 1.165) is 4.47 Å². The zero-order chi connectivity index (χ0) is 21.8. The van der Waals surface area contributed by atoms with Crippen LogP contribution in [0.4, 0.5) is 11.4 Å². The summed E-state index contributed by atoms with van der Waals surface area (Å²) in [5.74, 6) is 0.0739. The van der Waals surface area contributed by atoms with Gasteiger partial charge < -0.3 is 10.1 Å². The third kappa shape index (κ3) is 5.11. The van der Waals surface area contributed by atoms with Gasteiger partial charge in [0.05, 0.1) is 33.5 Å². The van der Waals surface area contributed by atoms with Crippen LogP contribution in [0.5, 0.6) is 11.5 Å². The maximum absolute atomic E-state index is 12.6. The molecule has 1 aromatic carbocycles. The molecule has 0 radical (unpaired) electrons. The molecule has 0 aliphatic heterocycles. The molecule has 12 heteroatoms. The lowest BCUT2D eigenvalue weighted by atomic mass is 10.2. The lowest BCUT2D eigenvalue weighted by molar-refractivity contribution is -0.384. The second kappa shape index (κ2) is 8.75. The SMILES string of the molecule is O=C(Nc1cc(Oc2cccnc2)cc([N+](=O)[O-])c1)c1ccn(Cn2cc(Br)cn2)n1. The summed E-state index contributed by atoms with van der Waals surface area (Å²) in [5, 5.41) is 22.2. The summed E-state index contributed by atoms with van der Waals surface area (Å²) in [4.78, 5) is 27.3. The molecule has 4 rings (SSSR count). The van der Waals surface area contributed by atoms with Gasteiger partial charge in [-0.15, -0.1) is 0 Å². The Morgan fingerprint density at radius 1 is 1.19 bits per heavy atom. The fourth-order valence-electron chi connectivity index (χ4n) is 2.68. The molecule has 3 heterocycles. The van der Waals surface area contributed by atoms with Crippen molar-refractivity contribution in [3.63, 3.8) is 0 Å². The van der Waals surface area contributed by atoms with Crippen molar-refractivity contribution in [3.8, 4) is 11.5 Å². The van der Waals surface area contributed by atoms with Crippen molar-refractivity contribution in [1.82, 2.24) is 24.5 Å². The standard InChI is InChI=1S/C19H14BrN7O4/c20-13-9-22-26(11-13)12-25-5-3-18(24-25)19(28)23-14-6-15(27(29)30)8-17(7-14)31-16-2-1-4-21-10-16/h1-11H,12H2,(H,23,28). The largest absolute Gasteiger partial charge is 0.455 e. The number of hydrogen-bond donors (Lipinski definition) is 1. The molecule has 0 saturated heterocycles. The Morgan fingerprint density at radius 3 is 2.77 bits per heavy atom. The molecule has 11 nitrogen and oxygen atoms in total. The van der Waals surface area contributed by atoms with Gasteiger partial charge in [-0.05, 0) is 34.1 Å². The van der Waals surface area contributed by atoms with Crippen LogP contribution in [0.3, 0.4) is 0 Å². The number of hydrogen-bond acceptors (Lipinski definition) is 7. The molecular weight excluding hydrogens is 470 g/mol. The maximum atomic E-state index is 12.6. The summed E-state index contributed by atoms with van der Waals surface area (Å²) >= 11 is 3.31. The Morgan fingerprint density at radius 2 is 2.06 bits per heavy atom.